The number of halogens is 1. The van der Waals surface area contributed by atoms with Crippen molar-refractivity contribution >= 4 is 11.9 Å². The first kappa shape index (κ1) is 21.8. The summed E-state index contributed by atoms with van der Waals surface area (Å²) in [5, 5.41) is 11.7. The number of carboxylic acids is 1. The largest absolute Gasteiger partial charge is 0.477 e. The number of carbonyl (C=O) groups excluding carboxylic acids is 1. The molecule has 0 radical (unpaired) electrons. The van der Waals surface area contributed by atoms with Gasteiger partial charge in [-0.05, 0) is 19.8 Å². The predicted octanol–water partition coefficient (Wildman–Crippen LogP) is 2.74. The van der Waals surface area contributed by atoms with E-state index in [1.54, 1.807) is 6.92 Å². The number of unbranched alkanes of at least 4 members (excludes halogenated alkanes) is 4. The zero-order chi connectivity index (χ0) is 17.7. The number of carboxylic acid groups (broad SMARTS) is 1. The molecule has 2 N–H and O–H groups in total. The number of quaternary nitrogens is 1. The number of likely N-dealkylation sites (N-methyl/N-ethyl adjacent to an activating group) is 1. The van der Waals surface area contributed by atoms with Crippen molar-refractivity contribution in [2.45, 2.75) is 64.5 Å². The number of hydrogen-bond acceptors (Lipinski definition) is 2. The summed E-state index contributed by atoms with van der Waals surface area (Å²) in [6.07, 6.45) is 6.13. The number of nitrogens with zero attached hydrogens (tertiary/aromatic N) is 1. The summed E-state index contributed by atoms with van der Waals surface area (Å²) >= 11 is 0. The van der Waals surface area contributed by atoms with E-state index in [-0.39, 0.29) is 12.5 Å². The Morgan fingerprint density at radius 2 is 1.70 bits per heavy atom. The summed E-state index contributed by atoms with van der Waals surface area (Å²) in [4.78, 5) is 22.4. The molecule has 0 heterocycles. The molecule has 0 saturated carbocycles. The van der Waals surface area contributed by atoms with Crippen LogP contribution in [-0.2, 0) is 9.59 Å². The smallest absolute Gasteiger partial charge is 0.359 e. The van der Waals surface area contributed by atoms with Gasteiger partial charge >= 0.3 is 5.97 Å². The summed E-state index contributed by atoms with van der Waals surface area (Å²) in [5.41, 5.74) is 0. The average molecular weight is 333 g/mol. The highest BCUT2D eigenvalue weighted by molar-refractivity contribution is 5.75. The van der Waals surface area contributed by atoms with Crippen molar-refractivity contribution in [3.05, 3.63) is 0 Å². The monoisotopic (exact) mass is 333 g/mol. The predicted molar refractivity (Wildman–Crippen MR) is 90.0 cm³/mol. The van der Waals surface area contributed by atoms with E-state index in [2.05, 4.69) is 5.32 Å². The van der Waals surface area contributed by atoms with E-state index in [4.69, 9.17) is 5.11 Å². The first-order valence-electron chi connectivity index (χ1n) is 8.67. The van der Waals surface area contributed by atoms with Crippen molar-refractivity contribution in [1.82, 2.24) is 5.32 Å². The highest BCUT2D eigenvalue weighted by Crippen LogP contribution is 2.10. The summed E-state index contributed by atoms with van der Waals surface area (Å²) in [5.74, 6) is -0.745. The van der Waals surface area contributed by atoms with Gasteiger partial charge in [0.25, 0.3) is 0 Å². The van der Waals surface area contributed by atoms with E-state index in [0.717, 1.165) is 45.1 Å². The van der Waals surface area contributed by atoms with Crippen LogP contribution >= 0.6 is 0 Å². The minimum absolute atomic E-state index is 0.0610. The summed E-state index contributed by atoms with van der Waals surface area (Å²) in [6.45, 7) is 3.00. The molecule has 0 aromatic rings. The molecule has 5 nitrogen and oxygen atoms in total. The molecule has 0 aliphatic rings. The van der Waals surface area contributed by atoms with Gasteiger partial charge in [-0.3, -0.25) is 4.79 Å². The third-order valence-corrected chi connectivity index (χ3v) is 3.83. The van der Waals surface area contributed by atoms with Crippen LogP contribution in [-0.4, -0.2) is 61.4 Å². The van der Waals surface area contributed by atoms with Crippen LogP contribution in [0.2, 0.25) is 0 Å². The summed E-state index contributed by atoms with van der Waals surface area (Å²) in [7, 11) is 3.75. The Morgan fingerprint density at radius 3 is 2.30 bits per heavy atom. The second-order valence-electron chi connectivity index (χ2n) is 7.00. The molecular weight excluding hydrogens is 299 g/mol. The molecule has 136 valence electrons. The van der Waals surface area contributed by atoms with Gasteiger partial charge in [0.2, 0.25) is 5.91 Å². The van der Waals surface area contributed by atoms with Crippen LogP contribution in [0.15, 0.2) is 0 Å². The normalized spacial score (nSPS) is 12.9. The number of nitrogens with one attached hydrogen (secondary N) is 1. The zero-order valence-electron chi connectivity index (χ0n) is 14.9. The average Bonchev–Trinajstić information content (AvgIpc) is 2.41. The van der Waals surface area contributed by atoms with E-state index in [1.165, 1.54) is 0 Å². The molecular formula is C17H34FN2O3+. The Labute approximate surface area is 139 Å². The molecule has 0 aliphatic heterocycles. The van der Waals surface area contributed by atoms with Gasteiger partial charge in [-0.15, -0.1) is 0 Å². The van der Waals surface area contributed by atoms with Crippen molar-refractivity contribution in [1.29, 1.82) is 0 Å². The van der Waals surface area contributed by atoms with Crippen molar-refractivity contribution in [3.8, 4) is 0 Å². The molecule has 0 aromatic carbocycles. The van der Waals surface area contributed by atoms with Gasteiger partial charge in [0.1, 0.15) is 0 Å². The molecule has 1 atom stereocenters. The van der Waals surface area contributed by atoms with Gasteiger partial charge in [0, 0.05) is 19.4 Å². The van der Waals surface area contributed by atoms with Crippen molar-refractivity contribution in [3.63, 3.8) is 0 Å². The Bertz CT molecular complexity index is 347. The molecule has 6 heteroatoms. The first-order chi connectivity index (χ1) is 10.7. The number of amides is 1. The van der Waals surface area contributed by atoms with E-state index >= 15 is 0 Å². The molecule has 0 fully saturated rings. The van der Waals surface area contributed by atoms with Gasteiger partial charge in [0.15, 0.2) is 6.54 Å². The van der Waals surface area contributed by atoms with Crippen LogP contribution in [0.1, 0.15) is 58.3 Å². The van der Waals surface area contributed by atoms with Gasteiger partial charge in [0.05, 0.1) is 26.8 Å². The van der Waals surface area contributed by atoms with Crippen molar-refractivity contribution in [2.75, 3.05) is 33.7 Å². The quantitative estimate of drug-likeness (QED) is 0.379. The zero-order valence-corrected chi connectivity index (χ0v) is 14.9. The number of alkyl halides is 1. The SMILES string of the molecule is CC(F)CCCCCCCC(=O)NCCC[N+](C)(C)CC(=O)O. The molecule has 0 saturated heterocycles. The van der Waals surface area contributed by atoms with Crippen molar-refractivity contribution < 1.29 is 23.6 Å². The summed E-state index contributed by atoms with van der Waals surface area (Å²) < 4.78 is 13.0. The first-order valence-corrected chi connectivity index (χ1v) is 8.67. The molecule has 0 bridgehead atoms. The minimum atomic E-state index is -0.806. The lowest BCUT2D eigenvalue weighted by Crippen LogP contribution is -2.45. The van der Waals surface area contributed by atoms with Crippen molar-refractivity contribution in [2.24, 2.45) is 0 Å². The number of rotatable bonds is 14. The summed E-state index contributed by atoms with van der Waals surface area (Å²) in [6, 6.07) is 0. The second-order valence-corrected chi connectivity index (χ2v) is 7.00. The van der Waals surface area contributed by atoms with E-state index in [1.807, 2.05) is 14.1 Å². The van der Waals surface area contributed by atoms with Gasteiger partial charge < -0.3 is 14.9 Å². The molecule has 1 unspecified atom stereocenters. The van der Waals surface area contributed by atoms with Gasteiger partial charge in [-0.1, -0.05) is 25.7 Å². The Balaban J connectivity index is 3.49. The molecule has 0 aromatic heterocycles. The fraction of sp³-hybridized carbons (Fsp3) is 0.882. The topological polar surface area (TPSA) is 66.4 Å². The van der Waals surface area contributed by atoms with Crippen LogP contribution < -0.4 is 5.32 Å². The lowest BCUT2D eigenvalue weighted by molar-refractivity contribution is -0.883. The highest BCUT2D eigenvalue weighted by Gasteiger charge is 2.18. The van der Waals surface area contributed by atoms with E-state index in [9.17, 15) is 14.0 Å². The fourth-order valence-corrected chi connectivity index (χ4v) is 2.51. The highest BCUT2D eigenvalue weighted by atomic mass is 19.1. The Morgan fingerprint density at radius 1 is 1.09 bits per heavy atom. The maximum absolute atomic E-state index is 12.6. The van der Waals surface area contributed by atoms with E-state index in [0.29, 0.717) is 23.9 Å². The van der Waals surface area contributed by atoms with Crippen LogP contribution in [0, 0.1) is 0 Å². The lowest BCUT2D eigenvalue weighted by atomic mass is 10.1. The molecule has 0 spiro atoms. The third-order valence-electron chi connectivity index (χ3n) is 3.83. The number of aliphatic carboxylic acids is 1. The number of hydrogen-bond donors (Lipinski definition) is 2. The maximum atomic E-state index is 12.6. The minimum Gasteiger partial charge on any atom is -0.477 e. The molecule has 0 aliphatic carbocycles. The second kappa shape index (κ2) is 12.3. The Hall–Kier alpha value is -1.17. The molecule has 0 rings (SSSR count). The lowest BCUT2D eigenvalue weighted by Gasteiger charge is -2.27. The van der Waals surface area contributed by atoms with Crippen LogP contribution in [0.3, 0.4) is 0 Å². The van der Waals surface area contributed by atoms with Gasteiger partial charge in [-0.25, -0.2) is 9.18 Å². The molecule has 23 heavy (non-hydrogen) atoms. The molecule has 1 amide bonds. The standard InChI is InChI=1S/C17H33FN2O3/c1-15(18)10-7-5-4-6-8-11-16(21)19-12-9-13-20(2,3)14-17(22)23/h15H,4-14H2,1-3H3,(H-,19,21,22,23)/p+1. The fourth-order valence-electron chi connectivity index (χ4n) is 2.51. The van der Waals surface area contributed by atoms with Crippen LogP contribution in [0.5, 0.6) is 0 Å². The Kier molecular flexibility index (Phi) is 11.7. The van der Waals surface area contributed by atoms with Crippen LogP contribution in [0.25, 0.3) is 0 Å². The maximum Gasteiger partial charge on any atom is 0.359 e. The third kappa shape index (κ3) is 15.5. The van der Waals surface area contributed by atoms with Crippen LogP contribution in [0.4, 0.5) is 4.39 Å². The number of carbonyl (C=O) groups is 2. The van der Waals surface area contributed by atoms with Gasteiger partial charge in [-0.2, -0.15) is 0 Å². The van der Waals surface area contributed by atoms with E-state index < -0.39 is 12.1 Å².